The van der Waals surface area contributed by atoms with E-state index in [0.717, 1.165) is 47.0 Å². The lowest BCUT2D eigenvalue weighted by atomic mass is 10.1. The molecule has 26 heavy (non-hydrogen) atoms. The summed E-state index contributed by atoms with van der Waals surface area (Å²) in [5.74, 6) is 1.03. The van der Waals surface area contributed by atoms with Crippen molar-refractivity contribution < 1.29 is 4.79 Å². The average molecular weight is 372 g/mol. The normalized spacial score (nSPS) is 19.2. The topological polar surface area (TPSA) is 62.2 Å². The molecule has 4 heterocycles. The molecule has 0 aliphatic carbocycles. The molecule has 1 amide bonds. The molecule has 0 unspecified atom stereocenters. The predicted molar refractivity (Wildman–Crippen MR) is 100 cm³/mol. The molecule has 0 bridgehead atoms. The van der Waals surface area contributed by atoms with Crippen molar-refractivity contribution in [2.24, 2.45) is 5.92 Å². The largest absolute Gasteiger partial charge is 0.355 e. The number of pyridine rings is 1. The highest BCUT2D eigenvalue weighted by molar-refractivity contribution is 6.32. The second-order valence-electron chi connectivity index (χ2n) is 7.21. The van der Waals surface area contributed by atoms with Crippen molar-refractivity contribution in [3.63, 3.8) is 0 Å². The minimum Gasteiger partial charge on any atom is -0.355 e. The molecule has 1 fully saturated rings. The van der Waals surface area contributed by atoms with Gasteiger partial charge in [0.2, 0.25) is 5.91 Å². The molecule has 1 atom stereocenters. The zero-order valence-corrected chi connectivity index (χ0v) is 16.0. The van der Waals surface area contributed by atoms with E-state index >= 15 is 0 Å². The highest BCUT2D eigenvalue weighted by atomic mass is 35.5. The van der Waals surface area contributed by atoms with Gasteiger partial charge in [0.05, 0.1) is 40.8 Å². The summed E-state index contributed by atoms with van der Waals surface area (Å²) in [7, 11) is 0. The maximum atomic E-state index is 13.0. The van der Waals surface area contributed by atoms with Crippen LogP contribution in [0.4, 0.5) is 5.82 Å². The Morgan fingerprint density at radius 3 is 2.77 bits per heavy atom. The Kier molecular flexibility index (Phi) is 4.31. The zero-order valence-electron chi connectivity index (χ0n) is 15.3. The number of hydrogen-bond acceptors (Lipinski definition) is 5. The van der Waals surface area contributed by atoms with Gasteiger partial charge in [-0.05, 0) is 38.3 Å². The second kappa shape index (κ2) is 6.50. The highest BCUT2D eigenvalue weighted by Crippen LogP contribution is 2.32. The number of hydrogen-bond donors (Lipinski definition) is 0. The molecule has 136 valence electrons. The summed E-state index contributed by atoms with van der Waals surface area (Å²) in [6.07, 6.45) is 4.35. The van der Waals surface area contributed by atoms with Gasteiger partial charge >= 0.3 is 0 Å². The smallest absolute Gasteiger partial charge is 0.228 e. The van der Waals surface area contributed by atoms with E-state index in [2.05, 4.69) is 19.9 Å². The Morgan fingerprint density at radius 1 is 1.19 bits per heavy atom. The molecule has 2 aliphatic rings. The van der Waals surface area contributed by atoms with Crippen LogP contribution in [0.3, 0.4) is 0 Å². The maximum absolute atomic E-state index is 13.0. The third-order valence-electron chi connectivity index (χ3n) is 5.36. The fourth-order valence-corrected chi connectivity index (χ4v) is 4.05. The lowest BCUT2D eigenvalue weighted by molar-refractivity contribution is -0.135. The van der Waals surface area contributed by atoms with E-state index in [0.29, 0.717) is 24.7 Å². The first-order valence-corrected chi connectivity index (χ1v) is 9.28. The quantitative estimate of drug-likeness (QED) is 0.812. The molecule has 2 aliphatic heterocycles. The van der Waals surface area contributed by atoms with Crippen LogP contribution in [-0.4, -0.2) is 38.8 Å². The van der Waals surface area contributed by atoms with E-state index < -0.39 is 0 Å². The Labute approximate surface area is 158 Å². The van der Waals surface area contributed by atoms with E-state index in [1.54, 1.807) is 12.4 Å². The van der Waals surface area contributed by atoms with Crippen LogP contribution in [-0.2, 0) is 17.9 Å². The summed E-state index contributed by atoms with van der Waals surface area (Å²) < 4.78 is 0. The van der Waals surface area contributed by atoms with Crippen LogP contribution in [0, 0.1) is 26.7 Å². The molecular formula is C19H22ClN5O. The van der Waals surface area contributed by atoms with Crippen molar-refractivity contribution in [1.29, 1.82) is 0 Å². The minimum absolute atomic E-state index is 0.0106. The molecule has 0 saturated carbocycles. The number of rotatable bonds is 2. The highest BCUT2D eigenvalue weighted by Gasteiger charge is 2.35. The average Bonchev–Trinajstić information content (AvgIpc) is 3.26. The van der Waals surface area contributed by atoms with Crippen LogP contribution in [0.25, 0.3) is 0 Å². The lowest BCUT2D eigenvalue weighted by Gasteiger charge is -2.21. The molecule has 1 saturated heterocycles. The van der Waals surface area contributed by atoms with Crippen LogP contribution in [0.2, 0.25) is 5.02 Å². The van der Waals surface area contributed by atoms with Gasteiger partial charge in [-0.15, -0.1) is 0 Å². The lowest BCUT2D eigenvalue weighted by Crippen LogP contribution is -2.34. The van der Waals surface area contributed by atoms with Crippen LogP contribution in [0.1, 0.15) is 34.6 Å². The summed E-state index contributed by atoms with van der Waals surface area (Å²) in [6, 6.07) is 0. The van der Waals surface area contributed by atoms with E-state index in [4.69, 9.17) is 11.6 Å². The van der Waals surface area contributed by atoms with E-state index in [-0.39, 0.29) is 11.8 Å². The number of aromatic nitrogens is 3. The first-order chi connectivity index (χ1) is 12.4. The van der Waals surface area contributed by atoms with Crippen molar-refractivity contribution in [3.8, 4) is 0 Å². The van der Waals surface area contributed by atoms with E-state index in [9.17, 15) is 4.79 Å². The summed E-state index contributed by atoms with van der Waals surface area (Å²) in [6.45, 7) is 8.56. The molecular weight excluding hydrogens is 350 g/mol. The number of halogens is 1. The Bertz CT molecular complexity index is 884. The SMILES string of the molecule is Cc1cncc(N2CC[C@@H](C(=O)N3Cc4nc(C)c(Cl)c(C)c4C3)C2)n1. The Morgan fingerprint density at radius 2 is 2.00 bits per heavy atom. The molecule has 0 N–H and O–H groups in total. The van der Waals surface area contributed by atoms with Crippen LogP contribution in [0.5, 0.6) is 0 Å². The van der Waals surface area contributed by atoms with Crippen molar-refractivity contribution in [1.82, 2.24) is 19.9 Å². The summed E-state index contributed by atoms with van der Waals surface area (Å²) in [4.78, 5) is 30.4. The fraction of sp³-hybridized carbons (Fsp3) is 0.474. The number of amides is 1. The second-order valence-corrected chi connectivity index (χ2v) is 7.58. The molecule has 0 aromatic carbocycles. The predicted octanol–water partition coefficient (Wildman–Crippen LogP) is 2.82. The number of anilines is 1. The third-order valence-corrected chi connectivity index (χ3v) is 5.91. The van der Waals surface area contributed by atoms with Crippen LogP contribution < -0.4 is 4.90 Å². The fourth-order valence-electron chi connectivity index (χ4n) is 3.89. The van der Waals surface area contributed by atoms with Gasteiger partial charge in [0.1, 0.15) is 5.82 Å². The summed E-state index contributed by atoms with van der Waals surface area (Å²) in [5.41, 5.74) is 4.86. The number of nitrogens with zero attached hydrogens (tertiary/aromatic N) is 5. The molecule has 7 heteroatoms. The molecule has 2 aromatic rings. The van der Waals surface area contributed by atoms with Gasteiger partial charge < -0.3 is 9.80 Å². The minimum atomic E-state index is -0.0106. The molecule has 0 radical (unpaired) electrons. The van der Waals surface area contributed by atoms with Crippen molar-refractivity contribution >= 4 is 23.3 Å². The number of fused-ring (bicyclic) bond motifs is 1. The maximum Gasteiger partial charge on any atom is 0.228 e. The Hall–Kier alpha value is -2.21. The van der Waals surface area contributed by atoms with Crippen molar-refractivity contribution in [3.05, 3.63) is 45.6 Å². The summed E-state index contributed by atoms with van der Waals surface area (Å²) >= 11 is 6.33. The Balaban J connectivity index is 1.47. The van der Waals surface area contributed by atoms with Gasteiger partial charge in [-0.2, -0.15) is 0 Å². The molecule has 6 nitrogen and oxygen atoms in total. The third kappa shape index (κ3) is 2.92. The number of carbonyl (C=O) groups is 1. The standard InChI is InChI=1S/C19H22ClN5O/c1-11-6-21-7-17(22-11)24-5-4-14(8-24)19(26)25-9-15-12(2)18(20)13(3)23-16(15)10-25/h6-7,14H,4-5,8-10H2,1-3H3/t14-/m1/s1. The first kappa shape index (κ1) is 17.2. The zero-order chi connectivity index (χ0) is 18.4. The molecule has 0 spiro atoms. The van der Waals surface area contributed by atoms with Crippen molar-refractivity contribution in [2.75, 3.05) is 18.0 Å². The van der Waals surface area contributed by atoms with Gasteiger partial charge in [-0.1, -0.05) is 11.6 Å². The molecule has 2 aromatic heterocycles. The van der Waals surface area contributed by atoms with Crippen LogP contribution in [0.15, 0.2) is 12.4 Å². The van der Waals surface area contributed by atoms with Crippen LogP contribution >= 0.6 is 11.6 Å². The number of aryl methyl sites for hydroxylation is 2. The van der Waals surface area contributed by atoms with E-state index in [1.165, 1.54) is 0 Å². The van der Waals surface area contributed by atoms with Crippen molar-refractivity contribution in [2.45, 2.75) is 40.3 Å². The van der Waals surface area contributed by atoms with Gasteiger partial charge in [0.15, 0.2) is 0 Å². The first-order valence-electron chi connectivity index (χ1n) is 8.91. The number of carbonyl (C=O) groups excluding carboxylic acids is 1. The summed E-state index contributed by atoms with van der Waals surface area (Å²) in [5, 5.41) is 0.711. The van der Waals surface area contributed by atoms with E-state index in [1.807, 2.05) is 25.7 Å². The van der Waals surface area contributed by atoms with Gasteiger partial charge in [-0.25, -0.2) is 4.98 Å². The van der Waals surface area contributed by atoms with Gasteiger partial charge in [0, 0.05) is 25.8 Å². The molecule has 4 rings (SSSR count). The monoisotopic (exact) mass is 371 g/mol. The van der Waals surface area contributed by atoms with Gasteiger partial charge in [0.25, 0.3) is 0 Å². The van der Waals surface area contributed by atoms with Gasteiger partial charge in [-0.3, -0.25) is 14.8 Å².